The maximum atomic E-state index is 2.47. The first kappa shape index (κ1) is 20.2. The molecule has 0 saturated carbocycles. The monoisotopic (exact) mass is 488 g/mol. The summed E-state index contributed by atoms with van der Waals surface area (Å²) in [5.41, 5.74) is 5.43. The molecule has 0 aliphatic carbocycles. The van der Waals surface area contributed by atoms with Crippen molar-refractivity contribution in [3.63, 3.8) is 0 Å². The fourth-order valence-electron chi connectivity index (χ4n) is 7.23. The van der Waals surface area contributed by atoms with Gasteiger partial charge in [0.05, 0.1) is 0 Å². The highest BCUT2D eigenvalue weighted by atomic mass is 32.1. The van der Waals surface area contributed by atoms with E-state index >= 15 is 0 Å². The Morgan fingerprint density at radius 3 is 1.97 bits per heavy atom. The quantitative estimate of drug-likeness (QED) is 0.212. The van der Waals surface area contributed by atoms with Gasteiger partial charge in [-0.2, -0.15) is 0 Å². The van der Waals surface area contributed by atoms with Crippen molar-refractivity contribution in [2.24, 2.45) is 0 Å². The summed E-state index contributed by atoms with van der Waals surface area (Å²) in [6.07, 6.45) is 1.08. The molecule has 174 valence electrons. The van der Waals surface area contributed by atoms with E-state index in [1.165, 1.54) is 102 Å². The molecule has 0 saturated heterocycles. The summed E-state index contributed by atoms with van der Waals surface area (Å²) in [6, 6.07) is 30.7. The first-order valence-electron chi connectivity index (χ1n) is 13.2. The van der Waals surface area contributed by atoms with Gasteiger partial charge in [-0.25, -0.2) is 0 Å². The zero-order valence-electron chi connectivity index (χ0n) is 21.1. The predicted molar refractivity (Wildman–Crippen MR) is 165 cm³/mol. The second-order valence-electron chi connectivity index (χ2n) is 10.9. The summed E-state index contributed by atoms with van der Waals surface area (Å²) in [4.78, 5) is 1.36. The Kier molecular flexibility index (Phi) is 3.64. The van der Waals surface area contributed by atoms with Crippen molar-refractivity contribution in [3.8, 4) is 10.4 Å². The van der Waals surface area contributed by atoms with Crippen LogP contribution in [0.25, 0.3) is 85.2 Å². The standard InChI is InChI=1S/C36H24S/c1-4-20-5-7-21(8-6-20)30-17-28-24-11-9-22-15-27-26-14-18(2)13-19(3)31(26)25-12-10-23-16-29(36(28)37-30)34(24)32(22)33(23)35(25)27/h5-17H,4H2,1-3H3. The van der Waals surface area contributed by atoms with Crippen molar-refractivity contribution in [1.82, 2.24) is 0 Å². The minimum absolute atomic E-state index is 1.08. The van der Waals surface area contributed by atoms with Crippen LogP contribution in [-0.2, 0) is 6.42 Å². The van der Waals surface area contributed by atoms with Crippen molar-refractivity contribution in [2.45, 2.75) is 27.2 Å². The average Bonchev–Trinajstić information content (AvgIpc) is 3.57. The number of benzene rings is 6. The molecule has 0 bridgehead atoms. The number of hydrogen-bond acceptors (Lipinski definition) is 1. The Morgan fingerprint density at radius 1 is 0.541 bits per heavy atom. The van der Waals surface area contributed by atoms with Crippen LogP contribution in [0.15, 0.2) is 78.9 Å². The summed E-state index contributed by atoms with van der Waals surface area (Å²) in [7, 11) is 0. The van der Waals surface area contributed by atoms with Crippen LogP contribution >= 0.6 is 11.3 Å². The minimum atomic E-state index is 1.08. The van der Waals surface area contributed by atoms with Crippen molar-refractivity contribution >= 4 is 86.1 Å². The number of hydrogen-bond donors (Lipinski definition) is 0. The second-order valence-corrected chi connectivity index (χ2v) is 12.0. The lowest BCUT2D eigenvalue weighted by molar-refractivity contribution is 1.14. The topological polar surface area (TPSA) is 0 Å². The van der Waals surface area contributed by atoms with Gasteiger partial charge in [-0.15, -0.1) is 11.3 Å². The van der Waals surface area contributed by atoms with Gasteiger partial charge in [-0.1, -0.05) is 73.2 Å². The van der Waals surface area contributed by atoms with E-state index in [-0.39, 0.29) is 0 Å². The van der Waals surface area contributed by atoms with Crippen LogP contribution in [0.5, 0.6) is 0 Å². The van der Waals surface area contributed by atoms with Crippen LogP contribution in [0.3, 0.4) is 0 Å². The molecule has 1 heteroatoms. The molecular weight excluding hydrogens is 464 g/mol. The van der Waals surface area contributed by atoms with E-state index in [2.05, 4.69) is 99.6 Å². The highest BCUT2D eigenvalue weighted by molar-refractivity contribution is 7.23. The zero-order chi connectivity index (χ0) is 24.6. The van der Waals surface area contributed by atoms with Gasteiger partial charge in [0.2, 0.25) is 0 Å². The summed E-state index contributed by atoms with van der Waals surface area (Å²) < 4.78 is 1.42. The smallest absolute Gasteiger partial charge is 0.0434 e. The van der Waals surface area contributed by atoms with E-state index in [4.69, 9.17) is 0 Å². The molecule has 9 aromatic rings. The van der Waals surface area contributed by atoms with Gasteiger partial charge in [-0.3, -0.25) is 0 Å². The van der Waals surface area contributed by atoms with Crippen molar-refractivity contribution in [1.29, 1.82) is 0 Å². The lowest BCUT2D eigenvalue weighted by Crippen LogP contribution is -1.84. The molecule has 1 aromatic heterocycles. The van der Waals surface area contributed by atoms with Crippen molar-refractivity contribution in [2.75, 3.05) is 0 Å². The Morgan fingerprint density at radius 2 is 1.22 bits per heavy atom. The van der Waals surface area contributed by atoms with Gasteiger partial charge < -0.3 is 0 Å². The Bertz CT molecular complexity index is 2330. The largest absolute Gasteiger partial charge is 0.135 e. The summed E-state index contributed by atoms with van der Waals surface area (Å²) in [5, 5.41) is 18.4. The van der Waals surface area contributed by atoms with E-state index < -0.39 is 0 Å². The maximum Gasteiger partial charge on any atom is 0.0434 e. The van der Waals surface area contributed by atoms with Gasteiger partial charge in [0, 0.05) is 20.3 Å². The molecule has 0 aliphatic rings. The Labute approximate surface area is 218 Å². The summed E-state index contributed by atoms with van der Waals surface area (Å²) in [5.74, 6) is 0. The van der Waals surface area contributed by atoms with Crippen molar-refractivity contribution in [3.05, 3.63) is 95.6 Å². The highest BCUT2D eigenvalue weighted by Crippen LogP contribution is 2.52. The third-order valence-electron chi connectivity index (χ3n) is 8.82. The lowest BCUT2D eigenvalue weighted by Gasteiger charge is -2.12. The van der Waals surface area contributed by atoms with Crippen molar-refractivity contribution < 1.29 is 0 Å². The summed E-state index contributed by atoms with van der Waals surface area (Å²) in [6.45, 7) is 6.70. The molecule has 8 aromatic carbocycles. The fraction of sp³-hybridized carbons (Fsp3) is 0.111. The Balaban J connectivity index is 1.44. The summed E-state index contributed by atoms with van der Waals surface area (Å²) >= 11 is 1.95. The molecule has 37 heavy (non-hydrogen) atoms. The van der Waals surface area contributed by atoms with E-state index in [1.807, 2.05) is 11.3 Å². The molecule has 0 spiro atoms. The molecular formula is C36H24S. The van der Waals surface area contributed by atoms with Crippen LogP contribution in [0.2, 0.25) is 0 Å². The normalized spacial score (nSPS) is 12.8. The molecule has 0 fully saturated rings. The van der Waals surface area contributed by atoms with Gasteiger partial charge in [0.15, 0.2) is 0 Å². The number of aryl methyl sites for hydroxylation is 3. The molecule has 0 radical (unpaired) electrons. The number of rotatable bonds is 2. The first-order valence-corrected chi connectivity index (χ1v) is 14.1. The van der Waals surface area contributed by atoms with Crippen LogP contribution in [0, 0.1) is 13.8 Å². The molecule has 0 atom stereocenters. The molecule has 0 unspecified atom stereocenters. The third kappa shape index (κ3) is 2.39. The molecule has 0 amide bonds. The van der Waals surface area contributed by atoms with Gasteiger partial charge in [0.1, 0.15) is 0 Å². The SMILES string of the molecule is CCc1ccc(-c2cc3c4ccc5cc6c7cc(C)cc(C)c7c7ccc8cc(c3s2)c4c5c8c67)cc1. The number of fused-ring (bicyclic) bond motifs is 6. The van der Waals surface area contributed by atoms with Crippen LogP contribution < -0.4 is 0 Å². The zero-order valence-corrected chi connectivity index (χ0v) is 21.9. The van der Waals surface area contributed by atoms with Crippen LogP contribution in [-0.4, -0.2) is 0 Å². The van der Waals surface area contributed by atoms with Gasteiger partial charge in [0.25, 0.3) is 0 Å². The molecule has 0 aliphatic heterocycles. The van der Waals surface area contributed by atoms with E-state index in [1.54, 1.807) is 0 Å². The van der Waals surface area contributed by atoms with Gasteiger partial charge in [-0.05, 0) is 114 Å². The maximum absolute atomic E-state index is 2.47. The highest BCUT2D eigenvalue weighted by Gasteiger charge is 2.23. The predicted octanol–water partition coefficient (Wildman–Crippen LogP) is 11.0. The molecule has 1 heterocycles. The third-order valence-corrected chi connectivity index (χ3v) is 10.0. The molecule has 9 rings (SSSR count). The average molecular weight is 489 g/mol. The van der Waals surface area contributed by atoms with Crippen LogP contribution in [0.1, 0.15) is 23.6 Å². The van der Waals surface area contributed by atoms with Crippen LogP contribution in [0.4, 0.5) is 0 Å². The van der Waals surface area contributed by atoms with E-state index in [9.17, 15) is 0 Å². The molecule has 0 N–H and O–H groups in total. The fourth-order valence-corrected chi connectivity index (χ4v) is 8.43. The first-order chi connectivity index (χ1) is 18.1. The molecule has 0 nitrogen and oxygen atoms in total. The Hall–Kier alpha value is -3.94. The second kappa shape index (κ2) is 6.68. The van der Waals surface area contributed by atoms with Gasteiger partial charge >= 0.3 is 0 Å². The number of thiophene rings is 1. The van der Waals surface area contributed by atoms with E-state index in [0.29, 0.717) is 0 Å². The minimum Gasteiger partial charge on any atom is -0.135 e. The lowest BCUT2D eigenvalue weighted by atomic mass is 9.90. The van der Waals surface area contributed by atoms with E-state index in [0.717, 1.165) is 6.42 Å².